The van der Waals surface area contributed by atoms with Crippen molar-refractivity contribution in [1.82, 2.24) is 19.8 Å². The van der Waals surface area contributed by atoms with Gasteiger partial charge in [0.1, 0.15) is 5.69 Å². The second-order valence-corrected chi connectivity index (χ2v) is 7.30. The van der Waals surface area contributed by atoms with E-state index in [1.807, 2.05) is 6.07 Å². The average molecular weight is 409 g/mol. The topological polar surface area (TPSA) is 66.4 Å². The third-order valence-corrected chi connectivity index (χ3v) is 5.68. The molecule has 0 bridgehead atoms. The molecule has 2 aliphatic rings. The van der Waals surface area contributed by atoms with Crippen LogP contribution in [0.2, 0.25) is 5.02 Å². The third kappa shape index (κ3) is 2.40. The van der Waals surface area contributed by atoms with Crippen LogP contribution in [0.25, 0.3) is 0 Å². The number of nitrogens with zero attached hydrogens (tertiary/aromatic N) is 4. The third-order valence-electron chi connectivity index (χ3n) is 5.43. The number of amides is 2. The summed E-state index contributed by atoms with van der Waals surface area (Å²) in [5.41, 5.74) is 0.774. The molecule has 1 unspecified atom stereocenters. The second-order valence-electron chi connectivity index (χ2n) is 6.86. The quantitative estimate of drug-likeness (QED) is 0.611. The van der Waals surface area contributed by atoms with E-state index in [2.05, 4.69) is 9.97 Å². The molecular formula is C21H14ClFN4O2. The zero-order valence-electron chi connectivity index (χ0n) is 15.0. The van der Waals surface area contributed by atoms with E-state index in [0.29, 0.717) is 29.4 Å². The molecule has 5 rings (SSSR count). The molecule has 2 aliphatic heterocycles. The van der Waals surface area contributed by atoms with Crippen LogP contribution in [0.4, 0.5) is 4.39 Å². The highest BCUT2D eigenvalue weighted by Crippen LogP contribution is 2.49. The molecule has 1 aromatic carbocycles. The van der Waals surface area contributed by atoms with Crippen molar-refractivity contribution in [3.63, 3.8) is 0 Å². The number of aromatic nitrogens is 2. The summed E-state index contributed by atoms with van der Waals surface area (Å²) in [7, 11) is 0. The Morgan fingerprint density at radius 3 is 2.59 bits per heavy atom. The Balaban J connectivity index is 1.74. The minimum atomic E-state index is -1.14. The van der Waals surface area contributed by atoms with Gasteiger partial charge in [-0.25, -0.2) is 4.98 Å². The van der Waals surface area contributed by atoms with Gasteiger partial charge in [-0.05, 0) is 30.3 Å². The van der Waals surface area contributed by atoms with Crippen LogP contribution in [0.3, 0.4) is 0 Å². The fourth-order valence-electron chi connectivity index (χ4n) is 4.25. The minimum absolute atomic E-state index is 0.233. The number of carbonyl (C=O) groups excluding carboxylic acids is 2. The van der Waals surface area contributed by atoms with Crippen LogP contribution in [0, 0.1) is 5.95 Å². The summed E-state index contributed by atoms with van der Waals surface area (Å²) >= 11 is 6.08. The van der Waals surface area contributed by atoms with Crippen LogP contribution in [-0.2, 0) is 5.66 Å². The molecule has 1 fully saturated rings. The lowest BCUT2D eigenvalue weighted by Crippen LogP contribution is -2.51. The van der Waals surface area contributed by atoms with Gasteiger partial charge in [0.05, 0.1) is 5.56 Å². The van der Waals surface area contributed by atoms with Crippen molar-refractivity contribution >= 4 is 23.4 Å². The maximum absolute atomic E-state index is 13.4. The number of benzene rings is 1. The summed E-state index contributed by atoms with van der Waals surface area (Å²) in [6.07, 6.45) is 2.77. The zero-order chi connectivity index (χ0) is 20.2. The average Bonchev–Trinajstić information content (AvgIpc) is 3.25. The molecule has 0 N–H and O–H groups in total. The maximum Gasteiger partial charge on any atom is 0.275 e. The molecule has 6 nitrogen and oxygen atoms in total. The number of fused-ring (bicyclic) bond motifs is 3. The molecule has 0 saturated carbocycles. The number of pyridine rings is 2. The summed E-state index contributed by atoms with van der Waals surface area (Å²) in [6.45, 7) is 0.664. The molecule has 1 saturated heterocycles. The van der Waals surface area contributed by atoms with Crippen molar-refractivity contribution in [2.24, 2.45) is 0 Å². The number of halogens is 2. The van der Waals surface area contributed by atoms with E-state index < -0.39 is 11.6 Å². The first-order chi connectivity index (χ1) is 14.0. The Bertz CT molecular complexity index is 1140. The van der Waals surface area contributed by atoms with Gasteiger partial charge in [-0.1, -0.05) is 29.8 Å². The highest BCUT2D eigenvalue weighted by molar-refractivity contribution is 6.30. The van der Waals surface area contributed by atoms with Crippen molar-refractivity contribution in [2.45, 2.75) is 5.66 Å². The number of carbonyl (C=O) groups is 2. The largest absolute Gasteiger partial charge is 0.306 e. The molecule has 1 atom stereocenters. The van der Waals surface area contributed by atoms with Crippen molar-refractivity contribution in [2.75, 3.05) is 13.1 Å². The summed E-state index contributed by atoms with van der Waals surface area (Å²) < 4.78 is 13.3. The van der Waals surface area contributed by atoms with E-state index in [4.69, 9.17) is 11.6 Å². The van der Waals surface area contributed by atoms with E-state index in [0.717, 1.165) is 11.6 Å². The van der Waals surface area contributed by atoms with Gasteiger partial charge in [0.15, 0.2) is 5.66 Å². The van der Waals surface area contributed by atoms with Gasteiger partial charge < -0.3 is 9.80 Å². The van der Waals surface area contributed by atoms with Crippen molar-refractivity contribution < 1.29 is 14.0 Å². The van der Waals surface area contributed by atoms with Crippen LogP contribution in [0.15, 0.2) is 60.9 Å². The molecule has 0 radical (unpaired) electrons. The lowest BCUT2D eigenvalue weighted by atomic mass is 9.91. The Kier molecular flexibility index (Phi) is 3.89. The fourth-order valence-corrected chi connectivity index (χ4v) is 4.38. The highest BCUT2D eigenvalue weighted by Gasteiger charge is 2.60. The van der Waals surface area contributed by atoms with Crippen LogP contribution in [0.1, 0.15) is 32.0 Å². The smallest absolute Gasteiger partial charge is 0.275 e. The van der Waals surface area contributed by atoms with Crippen molar-refractivity contribution in [3.05, 3.63) is 94.3 Å². The zero-order valence-corrected chi connectivity index (χ0v) is 15.8. The Hall–Kier alpha value is -3.32. The van der Waals surface area contributed by atoms with E-state index >= 15 is 0 Å². The highest BCUT2D eigenvalue weighted by atomic mass is 35.5. The van der Waals surface area contributed by atoms with E-state index in [1.54, 1.807) is 46.3 Å². The minimum Gasteiger partial charge on any atom is -0.306 e. The molecule has 3 aromatic rings. The van der Waals surface area contributed by atoms with Gasteiger partial charge in [0, 0.05) is 41.6 Å². The van der Waals surface area contributed by atoms with E-state index in [-0.39, 0.29) is 17.4 Å². The van der Waals surface area contributed by atoms with Gasteiger partial charge in [-0.2, -0.15) is 4.39 Å². The normalized spacial score (nSPS) is 20.0. The van der Waals surface area contributed by atoms with Gasteiger partial charge in [0.2, 0.25) is 5.95 Å². The lowest BCUT2D eigenvalue weighted by Gasteiger charge is -2.40. The molecule has 4 heterocycles. The Morgan fingerprint density at radius 1 is 1.07 bits per heavy atom. The Labute approximate surface area is 170 Å². The standard InChI is InChI=1S/C21H14ClFN4O2/c22-15-6-4-14(5-7-15)21-16-2-1-9-24-18(16)20(29)27(21)11-10-26(21)19(28)13-3-8-17(23)25-12-13/h1-9,12H,10-11H2. The molecule has 144 valence electrons. The Morgan fingerprint density at radius 2 is 1.86 bits per heavy atom. The first kappa shape index (κ1) is 17.8. The van der Waals surface area contributed by atoms with Gasteiger partial charge in [-0.15, -0.1) is 0 Å². The molecule has 29 heavy (non-hydrogen) atoms. The van der Waals surface area contributed by atoms with E-state index in [9.17, 15) is 14.0 Å². The fraction of sp³-hybridized carbons (Fsp3) is 0.143. The van der Waals surface area contributed by atoms with Crippen LogP contribution >= 0.6 is 11.6 Å². The van der Waals surface area contributed by atoms with Gasteiger partial charge in [-0.3, -0.25) is 14.6 Å². The predicted octanol–water partition coefficient (Wildman–Crippen LogP) is 3.08. The molecule has 2 amide bonds. The van der Waals surface area contributed by atoms with Gasteiger partial charge >= 0.3 is 0 Å². The van der Waals surface area contributed by atoms with Crippen LogP contribution in [-0.4, -0.2) is 44.7 Å². The van der Waals surface area contributed by atoms with E-state index in [1.165, 1.54) is 12.3 Å². The molecular weight excluding hydrogens is 395 g/mol. The molecule has 0 spiro atoms. The molecule has 0 aliphatic carbocycles. The lowest BCUT2D eigenvalue weighted by molar-refractivity contribution is 0.0374. The number of rotatable bonds is 2. The monoisotopic (exact) mass is 408 g/mol. The maximum atomic E-state index is 13.4. The number of hydrogen-bond donors (Lipinski definition) is 0. The summed E-state index contributed by atoms with van der Waals surface area (Å²) in [5.74, 6) is -1.25. The first-order valence-electron chi connectivity index (χ1n) is 9.00. The van der Waals surface area contributed by atoms with Crippen LogP contribution in [0.5, 0.6) is 0 Å². The molecule has 8 heteroatoms. The summed E-state index contributed by atoms with van der Waals surface area (Å²) in [6, 6.07) is 13.1. The summed E-state index contributed by atoms with van der Waals surface area (Å²) in [5, 5.41) is 0.547. The number of hydrogen-bond acceptors (Lipinski definition) is 4. The van der Waals surface area contributed by atoms with Crippen molar-refractivity contribution in [3.8, 4) is 0 Å². The SMILES string of the molecule is O=C(c1ccc(F)nc1)N1CCN2C(=O)c3ncccc3C12c1ccc(Cl)cc1. The van der Waals surface area contributed by atoms with Gasteiger partial charge in [0.25, 0.3) is 11.8 Å². The van der Waals surface area contributed by atoms with Crippen LogP contribution < -0.4 is 0 Å². The first-order valence-corrected chi connectivity index (χ1v) is 9.38. The second kappa shape index (κ2) is 6.35. The summed E-state index contributed by atoms with van der Waals surface area (Å²) in [4.78, 5) is 37.7. The predicted molar refractivity (Wildman–Crippen MR) is 103 cm³/mol. The van der Waals surface area contributed by atoms with Crippen molar-refractivity contribution in [1.29, 1.82) is 0 Å². The molecule has 2 aromatic heterocycles.